The molecule has 9 atom stereocenters. The number of rotatable bonds is 17. The Kier molecular flexibility index (Phi) is 14.5. The van der Waals surface area contributed by atoms with Crippen molar-refractivity contribution in [2.24, 2.45) is 0 Å². The maximum atomic E-state index is 14.7. The lowest BCUT2D eigenvalue weighted by Crippen LogP contribution is -2.69. The molecule has 5 aromatic rings. The zero-order chi connectivity index (χ0) is 48.0. The summed E-state index contributed by atoms with van der Waals surface area (Å²) in [6.07, 6.45) is -9.20. The average Bonchev–Trinajstić information content (AvgIpc) is 3.76. The van der Waals surface area contributed by atoms with Crippen LogP contribution in [0.1, 0.15) is 78.4 Å². The SMILES string of the molecule is CC(=O)OC[C@@H]1C[C@H](OC(C)=O)[C@@H](N2C(=O)c3ccccc3C2=O)[C@H](O[C@H]2[C@H](OCc3ccccc3)[C@@H](N3C(=O)c4ccccc4C3=O)[C@H](OCc3ccccc3)O[C@@H]2COCc2ccccc2)O1. The van der Waals surface area contributed by atoms with Crippen LogP contribution < -0.4 is 0 Å². The number of ether oxygens (including phenoxy) is 8. The van der Waals surface area contributed by atoms with E-state index in [1.807, 2.05) is 91.0 Å². The largest absolute Gasteiger partial charge is 0.463 e. The third-order valence-electron chi connectivity index (χ3n) is 12.4. The number of imide groups is 2. The zero-order valence-corrected chi connectivity index (χ0v) is 37.8. The van der Waals surface area contributed by atoms with Gasteiger partial charge in [0.05, 0.1) is 54.8 Å². The van der Waals surface area contributed by atoms with E-state index < -0.39 is 90.8 Å². The fourth-order valence-corrected chi connectivity index (χ4v) is 9.24. The highest BCUT2D eigenvalue weighted by molar-refractivity contribution is 6.22. The van der Waals surface area contributed by atoms with Gasteiger partial charge in [-0.05, 0) is 41.0 Å². The van der Waals surface area contributed by atoms with Crippen LogP contribution in [0.15, 0.2) is 140 Å². The molecular formula is C53H50N2O14. The predicted molar refractivity (Wildman–Crippen MR) is 243 cm³/mol. The quantitative estimate of drug-likeness (QED) is 0.0776. The van der Waals surface area contributed by atoms with Gasteiger partial charge in [0.15, 0.2) is 12.6 Å². The van der Waals surface area contributed by atoms with E-state index in [9.17, 15) is 28.8 Å². The molecule has 0 N–H and O–H groups in total. The van der Waals surface area contributed by atoms with Gasteiger partial charge < -0.3 is 37.9 Å². The van der Waals surface area contributed by atoms with Crippen LogP contribution in [-0.2, 0) is 67.3 Å². The highest BCUT2D eigenvalue weighted by atomic mass is 16.7. The van der Waals surface area contributed by atoms with Crippen LogP contribution in [0.2, 0.25) is 0 Å². The molecule has 2 fully saturated rings. The fraction of sp³-hybridized carbons (Fsp3) is 0.321. The minimum atomic E-state index is -1.65. The van der Waals surface area contributed by atoms with Crippen molar-refractivity contribution in [3.8, 4) is 0 Å². The van der Waals surface area contributed by atoms with Gasteiger partial charge >= 0.3 is 11.9 Å². The molecule has 5 aromatic carbocycles. The third kappa shape index (κ3) is 10.3. The number of hydrogen-bond donors (Lipinski definition) is 0. The standard InChI is InChI=1S/C53H50N2O14/c1-32(56)63-30-37-26-42(66-33(2)57)44(54-48(58)38-22-12-13-23-39(38)49(54)59)53(67-37)69-46-43(31-62-27-34-16-6-3-7-17-34)68-52(65-29-36-20-10-5-11-21-36)45(47(46)64-28-35-18-8-4-9-19-35)55-50(60)40-24-14-15-25-41(40)51(55)61/h3-25,37,42-47,52-53H,26-31H2,1-2H3/t37-,42-,43+,44+,45+,46+,47+,52+,53-/m0/s1. The first-order valence-electron chi connectivity index (χ1n) is 22.7. The van der Waals surface area contributed by atoms with Crippen LogP contribution in [0.25, 0.3) is 0 Å². The first-order chi connectivity index (χ1) is 33.5. The monoisotopic (exact) mass is 938 g/mol. The van der Waals surface area contributed by atoms with E-state index in [0.29, 0.717) is 0 Å². The van der Waals surface area contributed by atoms with Crippen LogP contribution in [0.5, 0.6) is 0 Å². The van der Waals surface area contributed by atoms with Gasteiger partial charge in [0, 0.05) is 20.3 Å². The molecule has 16 heteroatoms. The van der Waals surface area contributed by atoms with Gasteiger partial charge in [-0.15, -0.1) is 0 Å². The second-order valence-electron chi connectivity index (χ2n) is 17.0. The van der Waals surface area contributed by atoms with Crippen LogP contribution in [0, 0.1) is 0 Å². The van der Waals surface area contributed by atoms with Crippen LogP contribution in [-0.4, -0.2) is 114 Å². The van der Waals surface area contributed by atoms with E-state index in [1.165, 1.54) is 26.0 Å². The summed E-state index contributed by atoms with van der Waals surface area (Å²) in [4.78, 5) is 85.2. The molecule has 0 aromatic heterocycles. The Hall–Kier alpha value is -6.92. The molecule has 69 heavy (non-hydrogen) atoms. The smallest absolute Gasteiger partial charge is 0.302 e. The van der Waals surface area contributed by atoms with Gasteiger partial charge in [-0.3, -0.25) is 38.6 Å². The Bertz CT molecular complexity index is 2600. The molecule has 4 heterocycles. The number of hydrogen-bond acceptors (Lipinski definition) is 14. The molecular weight excluding hydrogens is 889 g/mol. The first kappa shape index (κ1) is 47.2. The molecule has 9 rings (SSSR count). The normalized spacial score (nSPS) is 25.3. The molecule has 4 aliphatic rings. The minimum Gasteiger partial charge on any atom is -0.463 e. The van der Waals surface area contributed by atoms with Crippen molar-refractivity contribution in [1.29, 1.82) is 0 Å². The van der Waals surface area contributed by atoms with E-state index in [4.69, 9.17) is 37.9 Å². The summed E-state index contributed by atoms with van der Waals surface area (Å²) in [7, 11) is 0. The maximum Gasteiger partial charge on any atom is 0.302 e. The molecule has 4 aliphatic heterocycles. The number of nitrogens with zero attached hydrogens (tertiary/aromatic N) is 2. The van der Waals surface area contributed by atoms with E-state index in [-0.39, 0.29) is 61.7 Å². The Labute approximate surface area is 397 Å². The summed E-state index contributed by atoms with van der Waals surface area (Å²) >= 11 is 0. The van der Waals surface area contributed by atoms with Crippen molar-refractivity contribution in [1.82, 2.24) is 9.80 Å². The summed E-state index contributed by atoms with van der Waals surface area (Å²) in [5.74, 6) is -3.97. The van der Waals surface area contributed by atoms with E-state index in [0.717, 1.165) is 26.5 Å². The number of carbonyl (C=O) groups excluding carboxylic acids is 6. The molecule has 0 unspecified atom stereocenters. The van der Waals surface area contributed by atoms with Crippen LogP contribution >= 0.6 is 0 Å². The summed E-state index contributed by atoms with van der Waals surface area (Å²) in [5, 5.41) is 0. The van der Waals surface area contributed by atoms with Crippen LogP contribution in [0.3, 0.4) is 0 Å². The van der Waals surface area contributed by atoms with E-state index in [1.54, 1.807) is 36.4 Å². The summed E-state index contributed by atoms with van der Waals surface area (Å²) in [6.45, 7) is 1.99. The Morgan fingerprint density at radius 3 is 1.48 bits per heavy atom. The van der Waals surface area contributed by atoms with Gasteiger partial charge in [0.1, 0.15) is 43.1 Å². The lowest BCUT2D eigenvalue weighted by molar-refractivity contribution is -0.339. The van der Waals surface area contributed by atoms with Crippen molar-refractivity contribution >= 4 is 35.6 Å². The molecule has 0 saturated carbocycles. The van der Waals surface area contributed by atoms with Gasteiger partial charge in [-0.25, -0.2) is 0 Å². The Balaban J connectivity index is 1.17. The van der Waals surface area contributed by atoms with E-state index in [2.05, 4.69) is 0 Å². The van der Waals surface area contributed by atoms with Gasteiger partial charge in [-0.2, -0.15) is 0 Å². The number of amides is 4. The lowest BCUT2D eigenvalue weighted by Gasteiger charge is -2.51. The highest BCUT2D eigenvalue weighted by Crippen LogP contribution is 2.40. The van der Waals surface area contributed by atoms with Gasteiger partial charge in [-0.1, -0.05) is 115 Å². The van der Waals surface area contributed by atoms with Gasteiger partial charge in [0.2, 0.25) is 0 Å². The second-order valence-corrected chi connectivity index (χ2v) is 17.0. The summed E-state index contributed by atoms with van der Waals surface area (Å²) in [5.41, 5.74) is 2.91. The zero-order valence-electron chi connectivity index (χ0n) is 37.8. The molecule has 0 radical (unpaired) electrons. The third-order valence-corrected chi connectivity index (χ3v) is 12.4. The van der Waals surface area contributed by atoms with Crippen molar-refractivity contribution in [2.45, 2.75) is 95.3 Å². The molecule has 2 saturated heterocycles. The van der Waals surface area contributed by atoms with Crippen molar-refractivity contribution in [3.63, 3.8) is 0 Å². The maximum absolute atomic E-state index is 14.7. The second kappa shape index (κ2) is 21.2. The molecule has 4 amide bonds. The first-order valence-corrected chi connectivity index (χ1v) is 22.7. The fourth-order valence-electron chi connectivity index (χ4n) is 9.24. The highest BCUT2D eigenvalue weighted by Gasteiger charge is 2.59. The summed E-state index contributed by atoms with van der Waals surface area (Å²) in [6, 6.07) is 37.9. The van der Waals surface area contributed by atoms with Crippen molar-refractivity contribution < 1.29 is 66.7 Å². The minimum absolute atomic E-state index is 0.00482. The molecule has 356 valence electrons. The predicted octanol–water partition coefficient (Wildman–Crippen LogP) is 6.05. The topological polar surface area (TPSA) is 183 Å². The molecule has 0 spiro atoms. The molecule has 0 aliphatic carbocycles. The number of carbonyl (C=O) groups is 6. The lowest BCUT2D eigenvalue weighted by atomic mass is 9.93. The number of esters is 2. The van der Waals surface area contributed by atoms with E-state index >= 15 is 0 Å². The Morgan fingerprint density at radius 2 is 0.986 bits per heavy atom. The average molecular weight is 939 g/mol. The summed E-state index contributed by atoms with van der Waals surface area (Å²) < 4.78 is 51.9. The van der Waals surface area contributed by atoms with Gasteiger partial charge in [0.25, 0.3) is 23.6 Å². The number of fused-ring (bicyclic) bond motifs is 2. The number of benzene rings is 5. The Morgan fingerprint density at radius 1 is 0.522 bits per heavy atom. The molecule has 16 nitrogen and oxygen atoms in total. The van der Waals surface area contributed by atoms with Crippen LogP contribution in [0.4, 0.5) is 0 Å². The molecule has 0 bridgehead atoms. The van der Waals surface area contributed by atoms with Crippen molar-refractivity contribution in [2.75, 3.05) is 13.2 Å². The van der Waals surface area contributed by atoms with Crippen molar-refractivity contribution in [3.05, 3.63) is 178 Å².